The van der Waals surface area contributed by atoms with E-state index in [1.807, 2.05) is 30.3 Å². The highest BCUT2D eigenvalue weighted by Gasteiger charge is 2.31. The van der Waals surface area contributed by atoms with Gasteiger partial charge in [0.1, 0.15) is 24.2 Å². The van der Waals surface area contributed by atoms with Crippen LogP contribution < -0.4 is 14.2 Å². The number of aromatic hydroxyl groups is 1. The monoisotopic (exact) mass is 513 g/mol. The van der Waals surface area contributed by atoms with Crippen LogP contribution in [0.3, 0.4) is 0 Å². The van der Waals surface area contributed by atoms with E-state index >= 15 is 0 Å². The lowest BCUT2D eigenvalue weighted by atomic mass is 9.87. The van der Waals surface area contributed by atoms with Gasteiger partial charge in [0.2, 0.25) is 6.79 Å². The first kappa shape index (κ1) is 24.8. The number of benzene rings is 3. The number of allylic oxidation sites excluding steroid dienone is 1. The number of hydrogen-bond acceptors (Lipinski definition) is 6. The normalized spacial score (nSPS) is 18.7. The van der Waals surface area contributed by atoms with Crippen molar-refractivity contribution in [2.24, 2.45) is 5.92 Å². The van der Waals surface area contributed by atoms with Gasteiger partial charge in [0.15, 0.2) is 11.5 Å². The predicted molar refractivity (Wildman–Crippen MR) is 148 cm³/mol. The molecule has 1 aliphatic carbocycles. The number of rotatable bonds is 9. The fraction of sp³-hybridized carbons (Fsp3) is 0.375. The van der Waals surface area contributed by atoms with Gasteiger partial charge in [0.05, 0.1) is 0 Å². The van der Waals surface area contributed by atoms with E-state index in [1.54, 1.807) is 12.1 Å². The van der Waals surface area contributed by atoms with E-state index in [1.165, 1.54) is 24.8 Å². The molecule has 1 unspecified atom stereocenters. The molecule has 198 valence electrons. The highest BCUT2D eigenvalue weighted by atomic mass is 16.7. The summed E-state index contributed by atoms with van der Waals surface area (Å²) in [5.41, 5.74) is 5.67. The summed E-state index contributed by atoms with van der Waals surface area (Å²) in [7, 11) is 0. The van der Waals surface area contributed by atoms with Crippen molar-refractivity contribution in [3.8, 4) is 23.0 Å². The van der Waals surface area contributed by atoms with Crippen molar-refractivity contribution in [3.05, 3.63) is 83.4 Å². The summed E-state index contributed by atoms with van der Waals surface area (Å²) in [4.78, 5) is 2.32. The minimum Gasteiger partial charge on any atom is -0.508 e. The molecule has 0 aromatic heterocycles. The fourth-order valence-electron chi connectivity index (χ4n) is 5.53. The van der Waals surface area contributed by atoms with Gasteiger partial charge in [-0.2, -0.15) is 0 Å². The maximum atomic E-state index is 10.5. The average molecular weight is 514 g/mol. The van der Waals surface area contributed by atoms with Crippen LogP contribution in [0.2, 0.25) is 0 Å². The zero-order valence-electron chi connectivity index (χ0n) is 21.6. The molecule has 38 heavy (non-hydrogen) atoms. The number of aliphatic hydroxyl groups is 1. The Morgan fingerprint density at radius 1 is 0.842 bits per heavy atom. The quantitative estimate of drug-likeness (QED) is 0.357. The molecule has 0 bridgehead atoms. The summed E-state index contributed by atoms with van der Waals surface area (Å²) in [5.74, 6) is 3.00. The number of phenols is 1. The average Bonchev–Trinajstić information content (AvgIpc) is 3.67. The summed E-state index contributed by atoms with van der Waals surface area (Å²) in [6.07, 6.45) is 5.48. The minimum atomic E-state index is -0.507. The van der Waals surface area contributed by atoms with Gasteiger partial charge in [-0.15, -0.1) is 0 Å². The molecule has 2 aliphatic heterocycles. The third-order valence-corrected chi connectivity index (χ3v) is 7.60. The molecule has 6 nitrogen and oxygen atoms in total. The Morgan fingerprint density at radius 2 is 1.50 bits per heavy atom. The van der Waals surface area contributed by atoms with Crippen molar-refractivity contribution in [1.82, 2.24) is 4.90 Å². The van der Waals surface area contributed by atoms with Gasteiger partial charge < -0.3 is 29.3 Å². The third kappa shape index (κ3) is 5.66. The summed E-state index contributed by atoms with van der Waals surface area (Å²) in [5, 5.41) is 20.4. The van der Waals surface area contributed by atoms with Crippen LogP contribution in [0.5, 0.6) is 23.0 Å². The van der Waals surface area contributed by atoms with Crippen molar-refractivity contribution in [1.29, 1.82) is 0 Å². The van der Waals surface area contributed by atoms with Crippen LogP contribution in [-0.2, 0) is 0 Å². The van der Waals surface area contributed by atoms with E-state index in [4.69, 9.17) is 14.2 Å². The molecule has 3 aliphatic rings. The van der Waals surface area contributed by atoms with Gasteiger partial charge in [0.25, 0.3) is 0 Å². The molecule has 1 atom stereocenters. The highest BCUT2D eigenvalue weighted by Crippen LogP contribution is 2.49. The molecule has 6 rings (SSSR count). The molecule has 0 spiro atoms. The first-order chi connectivity index (χ1) is 18.6. The number of aliphatic hydroxyl groups excluding tert-OH is 1. The second-order valence-electron chi connectivity index (χ2n) is 10.5. The zero-order valence-corrected chi connectivity index (χ0v) is 21.6. The van der Waals surface area contributed by atoms with E-state index in [2.05, 4.69) is 29.2 Å². The van der Waals surface area contributed by atoms with Crippen molar-refractivity contribution in [2.75, 3.05) is 33.0 Å². The topological polar surface area (TPSA) is 71.4 Å². The van der Waals surface area contributed by atoms with Crippen molar-refractivity contribution in [3.63, 3.8) is 0 Å². The number of hydrogen-bond donors (Lipinski definition) is 2. The Labute approximate surface area is 224 Å². The largest absolute Gasteiger partial charge is 0.508 e. The predicted octanol–water partition coefficient (Wildman–Crippen LogP) is 5.72. The minimum absolute atomic E-state index is 0.246. The van der Waals surface area contributed by atoms with Crippen molar-refractivity contribution < 1.29 is 24.4 Å². The molecule has 2 fully saturated rings. The number of likely N-dealkylation sites (tertiary alicyclic amines) is 1. The number of piperidine rings is 1. The van der Waals surface area contributed by atoms with Crippen LogP contribution in [0.15, 0.2) is 66.7 Å². The van der Waals surface area contributed by atoms with Crippen LogP contribution in [0.25, 0.3) is 11.1 Å². The van der Waals surface area contributed by atoms with Crippen LogP contribution in [0.1, 0.15) is 48.8 Å². The van der Waals surface area contributed by atoms with E-state index in [0.29, 0.717) is 12.5 Å². The van der Waals surface area contributed by atoms with E-state index in [0.717, 1.165) is 65.4 Å². The molecule has 2 heterocycles. The summed E-state index contributed by atoms with van der Waals surface area (Å²) in [6.45, 7) is 3.31. The summed E-state index contributed by atoms with van der Waals surface area (Å²) < 4.78 is 17.2. The second kappa shape index (κ2) is 11.1. The van der Waals surface area contributed by atoms with E-state index in [9.17, 15) is 10.2 Å². The van der Waals surface area contributed by atoms with Crippen LogP contribution in [-0.4, -0.2) is 54.3 Å². The van der Waals surface area contributed by atoms with Crippen LogP contribution in [0.4, 0.5) is 0 Å². The second-order valence-corrected chi connectivity index (χ2v) is 10.5. The molecule has 6 heteroatoms. The fourth-order valence-corrected chi connectivity index (χ4v) is 5.53. The Kier molecular flexibility index (Phi) is 7.25. The van der Waals surface area contributed by atoms with Crippen molar-refractivity contribution in [2.45, 2.75) is 38.2 Å². The zero-order chi connectivity index (χ0) is 25.9. The third-order valence-electron chi connectivity index (χ3n) is 7.60. The van der Waals surface area contributed by atoms with Gasteiger partial charge in [-0.3, -0.25) is 0 Å². The van der Waals surface area contributed by atoms with Crippen LogP contribution >= 0.6 is 0 Å². The first-order valence-corrected chi connectivity index (χ1v) is 13.7. The van der Waals surface area contributed by atoms with Crippen LogP contribution in [0, 0.1) is 5.92 Å². The molecular weight excluding hydrogens is 478 g/mol. The number of β-amino-alcohol motifs (C(OH)–C–C–N with tert-alkyl or cyclic N) is 1. The first-order valence-electron chi connectivity index (χ1n) is 13.7. The summed E-state index contributed by atoms with van der Waals surface area (Å²) >= 11 is 0. The maximum Gasteiger partial charge on any atom is 0.231 e. The number of ether oxygens (including phenoxy) is 3. The lowest BCUT2D eigenvalue weighted by Gasteiger charge is -2.28. The summed E-state index contributed by atoms with van der Waals surface area (Å²) in [6, 6.07) is 21.7. The Hall–Kier alpha value is -3.48. The molecule has 3 aromatic carbocycles. The molecule has 1 saturated carbocycles. The van der Waals surface area contributed by atoms with Crippen molar-refractivity contribution >= 4 is 11.1 Å². The molecule has 2 N–H and O–H groups in total. The number of phenolic OH excluding ortho intramolecular Hbond substituents is 1. The Bertz CT molecular complexity index is 1270. The lowest BCUT2D eigenvalue weighted by Crippen LogP contribution is -2.38. The SMILES string of the molecule is Oc1ccc(C(=C(c2ccc3c(c2)OCO3)C2CC2)c2ccc(OCC(O)CN3CCCCC3)cc2)cc1. The molecule has 1 saturated heterocycles. The lowest BCUT2D eigenvalue weighted by molar-refractivity contribution is 0.0617. The maximum absolute atomic E-state index is 10.5. The van der Waals surface area contributed by atoms with E-state index in [-0.39, 0.29) is 19.1 Å². The highest BCUT2D eigenvalue weighted by molar-refractivity contribution is 6.00. The van der Waals surface area contributed by atoms with Gasteiger partial charge in [-0.25, -0.2) is 0 Å². The molecule has 0 radical (unpaired) electrons. The Morgan fingerprint density at radius 3 is 2.21 bits per heavy atom. The smallest absolute Gasteiger partial charge is 0.231 e. The van der Waals surface area contributed by atoms with Gasteiger partial charge in [-0.05, 0) is 109 Å². The van der Waals surface area contributed by atoms with Gasteiger partial charge >= 0.3 is 0 Å². The molecule has 3 aromatic rings. The molecular formula is C32H35NO5. The van der Waals surface area contributed by atoms with Gasteiger partial charge in [-0.1, -0.05) is 36.8 Å². The van der Waals surface area contributed by atoms with Gasteiger partial charge in [0, 0.05) is 6.54 Å². The number of fused-ring (bicyclic) bond motifs is 1. The number of nitrogens with zero attached hydrogens (tertiary/aromatic N) is 1. The standard InChI is InChI=1S/C32H35NO5/c34-26-11-6-23(7-12-26)31(32(22-4-5-22)25-10-15-29-30(18-25)38-21-37-29)24-8-13-28(14-9-24)36-20-27(35)19-33-16-2-1-3-17-33/h6-15,18,22,27,34-35H,1-5,16-17,19-21H2. The van der Waals surface area contributed by atoms with E-state index < -0.39 is 6.10 Å². The Balaban J connectivity index is 1.28. The molecule has 0 amide bonds.